The van der Waals surface area contributed by atoms with Crippen molar-refractivity contribution in [3.63, 3.8) is 0 Å². The lowest BCUT2D eigenvalue weighted by atomic mass is 10.0. The highest BCUT2D eigenvalue weighted by molar-refractivity contribution is 7.89. The Hall–Kier alpha value is -3.76. The van der Waals surface area contributed by atoms with E-state index in [1.54, 1.807) is 22.7 Å². The number of fused-ring (bicyclic) bond motifs is 1. The van der Waals surface area contributed by atoms with Crippen molar-refractivity contribution in [2.45, 2.75) is 51.9 Å². The monoisotopic (exact) mass is 547 g/mol. The molecule has 1 aliphatic heterocycles. The van der Waals surface area contributed by atoms with Crippen LogP contribution < -0.4 is 10.1 Å². The van der Waals surface area contributed by atoms with Crippen LogP contribution in [0.4, 0.5) is 5.69 Å². The molecule has 5 rings (SSSR count). The van der Waals surface area contributed by atoms with Crippen molar-refractivity contribution in [3.05, 3.63) is 70.7 Å². The molecule has 1 aliphatic rings. The molecule has 204 valence electrons. The zero-order valence-electron chi connectivity index (χ0n) is 22.9. The molecule has 9 nitrogen and oxygen atoms in total. The van der Waals surface area contributed by atoms with E-state index >= 15 is 0 Å². The van der Waals surface area contributed by atoms with Gasteiger partial charge in [-0.05, 0) is 87.6 Å². The number of aryl methyl sites for hydroxylation is 4. The molecule has 10 heteroatoms. The van der Waals surface area contributed by atoms with E-state index in [0.29, 0.717) is 35.6 Å². The summed E-state index contributed by atoms with van der Waals surface area (Å²) in [5.41, 5.74) is 6.00. The van der Waals surface area contributed by atoms with Gasteiger partial charge < -0.3 is 10.1 Å². The van der Waals surface area contributed by atoms with Gasteiger partial charge in [-0.15, -0.1) is 0 Å². The molecule has 39 heavy (non-hydrogen) atoms. The molecule has 3 heterocycles. The Morgan fingerprint density at radius 2 is 1.69 bits per heavy atom. The number of nitrogens with zero attached hydrogens (tertiary/aromatic N) is 4. The van der Waals surface area contributed by atoms with Crippen molar-refractivity contribution in [3.8, 4) is 16.9 Å². The Balaban J connectivity index is 1.68. The molecule has 0 saturated carbocycles. The molecule has 2 aromatic carbocycles. The molecular weight excluding hydrogens is 514 g/mol. The maximum Gasteiger partial charge on any atom is 0.276 e. The summed E-state index contributed by atoms with van der Waals surface area (Å²) in [5.74, 6) is -0.158. The third-order valence-electron chi connectivity index (χ3n) is 7.26. The number of hydrogen-bond acceptors (Lipinski definition) is 6. The minimum Gasteiger partial charge on any atom is -0.495 e. The number of amides is 1. The van der Waals surface area contributed by atoms with Crippen molar-refractivity contribution in [2.24, 2.45) is 0 Å². The summed E-state index contributed by atoms with van der Waals surface area (Å²) in [4.78, 5) is 18.4. The van der Waals surface area contributed by atoms with E-state index in [9.17, 15) is 13.2 Å². The van der Waals surface area contributed by atoms with Gasteiger partial charge in [-0.25, -0.2) is 17.9 Å². The third-order valence-corrected chi connectivity index (χ3v) is 9.18. The quantitative estimate of drug-likeness (QED) is 0.362. The summed E-state index contributed by atoms with van der Waals surface area (Å²) in [6.45, 7) is 8.70. The number of carbonyl (C=O) groups is 1. The number of ether oxygens (including phenoxy) is 1. The normalized spacial score (nSPS) is 14.5. The van der Waals surface area contributed by atoms with E-state index in [4.69, 9.17) is 9.72 Å². The van der Waals surface area contributed by atoms with Crippen LogP contribution in [0.15, 0.2) is 47.4 Å². The van der Waals surface area contributed by atoms with Crippen molar-refractivity contribution >= 4 is 27.3 Å². The van der Waals surface area contributed by atoms with Gasteiger partial charge in [0.15, 0.2) is 11.3 Å². The standard InChI is InChI=1S/C29H33N5O4S/c1-18-9-11-23(15-19(18)2)31-29(35)27-26(28-30-20(3)16-21(4)34(28)32-27)22-10-12-24(38-5)25(17-22)39(36,37)33-13-7-6-8-14-33/h9-12,15-17H,6-8,13-14H2,1-5H3,(H,31,35). The third kappa shape index (κ3) is 5.02. The Morgan fingerprint density at radius 3 is 2.38 bits per heavy atom. The molecule has 0 atom stereocenters. The zero-order chi connectivity index (χ0) is 27.9. The summed E-state index contributed by atoms with van der Waals surface area (Å²) in [6, 6.07) is 12.5. The first kappa shape index (κ1) is 26.8. The molecule has 4 aromatic rings. The highest BCUT2D eigenvalue weighted by atomic mass is 32.2. The van der Waals surface area contributed by atoms with E-state index in [-0.39, 0.29) is 16.3 Å². The molecule has 1 amide bonds. The predicted octanol–water partition coefficient (Wildman–Crippen LogP) is 5.07. The summed E-state index contributed by atoms with van der Waals surface area (Å²) >= 11 is 0. The van der Waals surface area contributed by atoms with Crippen LogP contribution in [0.25, 0.3) is 16.8 Å². The summed E-state index contributed by atoms with van der Waals surface area (Å²) < 4.78 is 36.0. The molecule has 1 fully saturated rings. The van der Waals surface area contributed by atoms with Gasteiger partial charge in [0, 0.05) is 30.2 Å². The van der Waals surface area contributed by atoms with Gasteiger partial charge in [-0.3, -0.25) is 4.79 Å². The number of benzene rings is 2. The molecule has 2 aromatic heterocycles. The first-order valence-corrected chi connectivity index (χ1v) is 14.5. The average molecular weight is 548 g/mol. The first-order valence-electron chi connectivity index (χ1n) is 13.0. The van der Waals surface area contributed by atoms with Gasteiger partial charge in [0.2, 0.25) is 10.0 Å². The van der Waals surface area contributed by atoms with Crippen molar-refractivity contribution in [2.75, 3.05) is 25.5 Å². The highest BCUT2D eigenvalue weighted by Crippen LogP contribution is 2.36. The maximum absolute atomic E-state index is 13.7. The maximum atomic E-state index is 13.7. The number of aromatic nitrogens is 3. The number of methoxy groups -OCH3 is 1. The molecule has 0 spiro atoms. The Kier molecular flexibility index (Phi) is 7.17. The predicted molar refractivity (Wildman–Crippen MR) is 151 cm³/mol. The van der Waals surface area contributed by atoms with Crippen molar-refractivity contribution in [1.82, 2.24) is 18.9 Å². The first-order chi connectivity index (χ1) is 18.6. The van der Waals surface area contributed by atoms with Gasteiger partial charge in [0.25, 0.3) is 5.91 Å². The molecule has 0 unspecified atom stereocenters. The lowest BCUT2D eigenvalue weighted by molar-refractivity contribution is 0.102. The van der Waals surface area contributed by atoms with Gasteiger partial charge >= 0.3 is 0 Å². The fraction of sp³-hybridized carbons (Fsp3) is 0.345. The smallest absolute Gasteiger partial charge is 0.276 e. The van der Waals surface area contributed by atoms with E-state index in [2.05, 4.69) is 10.4 Å². The summed E-state index contributed by atoms with van der Waals surface area (Å²) in [6.07, 6.45) is 2.65. The average Bonchev–Trinajstić information content (AvgIpc) is 3.31. The topological polar surface area (TPSA) is 106 Å². The molecule has 0 aliphatic carbocycles. The van der Waals surface area contributed by atoms with Gasteiger partial charge in [0.1, 0.15) is 10.6 Å². The molecule has 0 bridgehead atoms. The second-order valence-electron chi connectivity index (χ2n) is 10.1. The Labute approximate surface area is 228 Å². The van der Waals surface area contributed by atoms with E-state index < -0.39 is 15.9 Å². The van der Waals surface area contributed by atoms with Crippen LogP contribution in [-0.2, 0) is 10.0 Å². The number of carbonyl (C=O) groups excluding carboxylic acids is 1. The largest absolute Gasteiger partial charge is 0.495 e. The van der Waals surface area contributed by atoms with Crippen LogP contribution in [0.3, 0.4) is 0 Å². The van der Waals surface area contributed by atoms with Crippen LogP contribution in [-0.4, -0.2) is 53.4 Å². The number of anilines is 1. The van der Waals surface area contributed by atoms with E-state index in [1.165, 1.54) is 11.4 Å². The van der Waals surface area contributed by atoms with Crippen LogP contribution in [0.2, 0.25) is 0 Å². The molecule has 0 radical (unpaired) electrons. The van der Waals surface area contributed by atoms with Crippen molar-refractivity contribution < 1.29 is 17.9 Å². The minimum atomic E-state index is -3.82. The zero-order valence-corrected chi connectivity index (χ0v) is 23.7. The van der Waals surface area contributed by atoms with Crippen LogP contribution in [0, 0.1) is 27.7 Å². The fourth-order valence-corrected chi connectivity index (χ4v) is 6.73. The second-order valence-corrected chi connectivity index (χ2v) is 12.0. The lowest BCUT2D eigenvalue weighted by Gasteiger charge is -2.26. The van der Waals surface area contributed by atoms with Gasteiger partial charge in [-0.1, -0.05) is 18.6 Å². The Bertz CT molecular complexity index is 1690. The van der Waals surface area contributed by atoms with Crippen LogP contribution in [0.1, 0.15) is 52.3 Å². The van der Waals surface area contributed by atoms with Crippen LogP contribution in [0.5, 0.6) is 5.75 Å². The highest BCUT2D eigenvalue weighted by Gasteiger charge is 2.31. The number of rotatable bonds is 6. The molecular formula is C29H33N5O4S. The van der Waals surface area contributed by atoms with E-state index in [0.717, 1.165) is 41.8 Å². The SMILES string of the molecule is COc1ccc(-c2c(C(=O)Nc3ccc(C)c(C)c3)nn3c(C)cc(C)nc23)cc1S(=O)(=O)N1CCCCC1. The molecule has 1 saturated heterocycles. The minimum absolute atomic E-state index is 0.0636. The summed E-state index contributed by atoms with van der Waals surface area (Å²) in [5, 5.41) is 7.60. The Morgan fingerprint density at radius 1 is 0.949 bits per heavy atom. The van der Waals surface area contributed by atoms with Gasteiger partial charge in [-0.2, -0.15) is 9.40 Å². The summed E-state index contributed by atoms with van der Waals surface area (Å²) in [7, 11) is -2.36. The van der Waals surface area contributed by atoms with Crippen molar-refractivity contribution in [1.29, 1.82) is 0 Å². The number of sulfonamides is 1. The number of nitrogens with one attached hydrogen (secondary N) is 1. The number of piperidine rings is 1. The molecule has 1 N–H and O–H groups in total. The van der Waals surface area contributed by atoms with E-state index in [1.807, 2.05) is 52.0 Å². The van der Waals surface area contributed by atoms with Gasteiger partial charge in [0.05, 0.1) is 12.7 Å². The fourth-order valence-electron chi connectivity index (χ4n) is 5.03. The lowest BCUT2D eigenvalue weighted by Crippen LogP contribution is -2.35. The second kappa shape index (κ2) is 10.4. The van der Waals surface area contributed by atoms with Crippen LogP contribution >= 0.6 is 0 Å². The number of hydrogen-bond donors (Lipinski definition) is 1.